The minimum absolute atomic E-state index is 0.306. The van der Waals surface area contributed by atoms with Crippen LogP contribution in [0.5, 0.6) is 5.75 Å². The number of fused-ring (bicyclic) bond motifs is 1. The van der Waals surface area contributed by atoms with E-state index in [2.05, 4.69) is 36.3 Å². The lowest BCUT2D eigenvalue weighted by Gasteiger charge is -2.11. The normalized spacial score (nSPS) is 12.0. The lowest BCUT2D eigenvalue weighted by Crippen LogP contribution is -2.13. The summed E-state index contributed by atoms with van der Waals surface area (Å²) in [6.07, 6.45) is 1.05. The molecule has 1 heterocycles. The molecule has 1 atom stereocenters. The molecule has 0 aliphatic carbocycles. The van der Waals surface area contributed by atoms with Crippen molar-refractivity contribution in [2.24, 2.45) is 0 Å². The van der Waals surface area contributed by atoms with Crippen molar-refractivity contribution < 1.29 is 13.9 Å². The first kappa shape index (κ1) is 22.2. The van der Waals surface area contributed by atoms with Gasteiger partial charge < -0.3 is 14.5 Å². The van der Waals surface area contributed by atoms with E-state index in [4.69, 9.17) is 32.4 Å². The zero-order chi connectivity index (χ0) is 22.8. The number of halogens is 2. The number of hydrogen-bond acceptors (Lipinski definition) is 4. The predicted molar refractivity (Wildman–Crippen MR) is 129 cm³/mol. The minimum atomic E-state index is -0.390. The van der Waals surface area contributed by atoms with Crippen molar-refractivity contribution in [1.29, 1.82) is 0 Å². The Morgan fingerprint density at radius 2 is 1.94 bits per heavy atom. The largest absolute Gasteiger partial charge is 0.496 e. The highest BCUT2D eigenvalue weighted by molar-refractivity contribution is 6.34. The van der Waals surface area contributed by atoms with Gasteiger partial charge in [-0.15, -0.1) is 0 Å². The first-order valence-corrected chi connectivity index (χ1v) is 11.0. The van der Waals surface area contributed by atoms with Crippen molar-refractivity contribution in [2.75, 3.05) is 12.4 Å². The lowest BCUT2D eigenvalue weighted by molar-refractivity contribution is 0.102. The molecule has 0 saturated heterocycles. The Labute approximate surface area is 196 Å². The number of anilines is 1. The second-order valence-electron chi connectivity index (χ2n) is 7.55. The lowest BCUT2D eigenvalue weighted by atomic mass is 9.98. The van der Waals surface area contributed by atoms with Gasteiger partial charge in [-0.1, -0.05) is 43.1 Å². The Morgan fingerprint density at radius 3 is 2.69 bits per heavy atom. The van der Waals surface area contributed by atoms with Crippen LogP contribution in [0.1, 0.15) is 42.1 Å². The van der Waals surface area contributed by atoms with E-state index in [-0.39, 0.29) is 5.91 Å². The van der Waals surface area contributed by atoms with E-state index in [1.54, 1.807) is 36.4 Å². The molecule has 1 N–H and O–H groups in total. The number of carbonyl (C=O) groups is 1. The number of nitrogens with one attached hydrogen (secondary N) is 1. The van der Waals surface area contributed by atoms with Crippen LogP contribution < -0.4 is 10.1 Å². The first-order valence-electron chi connectivity index (χ1n) is 10.2. The number of oxazole rings is 1. The van der Waals surface area contributed by atoms with Crippen LogP contribution >= 0.6 is 23.2 Å². The number of benzene rings is 3. The van der Waals surface area contributed by atoms with Gasteiger partial charge in [-0.05, 0) is 66.4 Å². The van der Waals surface area contributed by atoms with Crippen LogP contribution in [0.2, 0.25) is 10.0 Å². The molecule has 0 radical (unpaired) electrons. The Bertz CT molecular complexity index is 1300. The summed E-state index contributed by atoms with van der Waals surface area (Å²) in [5.74, 6) is 0.920. The van der Waals surface area contributed by atoms with E-state index in [1.807, 2.05) is 6.07 Å². The van der Waals surface area contributed by atoms with E-state index >= 15 is 0 Å². The third kappa shape index (κ3) is 4.45. The average molecular weight is 469 g/mol. The molecule has 0 aliphatic heterocycles. The van der Waals surface area contributed by atoms with Gasteiger partial charge in [0.1, 0.15) is 11.3 Å². The van der Waals surface area contributed by atoms with Gasteiger partial charge in [0.05, 0.1) is 23.4 Å². The van der Waals surface area contributed by atoms with E-state index in [0.29, 0.717) is 50.0 Å². The number of hydrogen-bond donors (Lipinski definition) is 1. The van der Waals surface area contributed by atoms with Crippen molar-refractivity contribution in [1.82, 2.24) is 4.98 Å². The molecule has 7 heteroatoms. The maximum atomic E-state index is 12.9. The highest BCUT2D eigenvalue weighted by Crippen LogP contribution is 2.32. The second kappa shape index (κ2) is 9.23. The zero-order valence-corrected chi connectivity index (χ0v) is 19.4. The van der Waals surface area contributed by atoms with Crippen LogP contribution in [0.3, 0.4) is 0 Å². The molecular formula is C25H22Cl2N2O3. The number of nitrogens with zero attached hydrogens (tertiary/aromatic N) is 1. The van der Waals surface area contributed by atoms with Crippen LogP contribution in [-0.4, -0.2) is 18.0 Å². The Hall–Kier alpha value is -3.02. The van der Waals surface area contributed by atoms with Crippen LogP contribution in [0, 0.1) is 0 Å². The van der Waals surface area contributed by atoms with Crippen LogP contribution in [-0.2, 0) is 0 Å². The molecule has 0 spiro atoms. The van der Waals surface area contributed by atoms with Gasteiger partial charge in [0, 0.05) is 10.6 Å². The Balaban J connectivity index is 1.66. The molecular weight excluding hydrogens is 447 g/mol. The summed E-state index contributed by atoms with van der Waals surface area (Å²) in [4.78, 5) is 17.5. The maximum Gasteiger partial charge on any atom is 0.259 e. The molecule has 4 aromatic rings. The molecule has 4 rings (SSSR count). The summed E-state index contributed by atoms with van der Waals surface area (Å²) in [5, 5.41) is 3.64. The van der Waals surface area contributed by atoms with Gasteiger partial charge >= 0.3 is 0 Å². The molecule has 3 aromatic carbocycles. The summed E-state index contributed by atoms with van der Waals surface area (Å²) in [6, 6.07) is 16.1. The minimum Gasteiger partial charge on any atom is -0.496 e. The van der Waals surface area contributed by atoms with Crippen LogP contribution in [0.4, 0.5) is 5.69 Å². The molecule has 0 unspecified atom stereocenters. The molecule has 1 aromatic heterocycles. The van der Waals surface area contributed by atoms with E-state index in [1.165, 1.54) is 12.7 Å². The molecule has 32 heavy (non-hydrogen) atoms. The number of carbonyl (C=O) groups excluding carboxylic acids is 1. The van der Waals surface area contributed by atoms with Crippen LogP contribution in [0.15, 0.2) is 59.0 Å². The standard InChI is InChI=1S/C25H22Cl2N2O3/c1-4-14(2)15-6-9-23-21(11-15)29-25(32-23)16-5-8-19(27)20(12-16)28-24(30)18-13-17(26)7-10-22(18)31-3/h5-14H,4H2,1-3H3,(H,28,30)/t14-/m1/s1. The number of amides is 1. The Kier molecular flexibility index (Phi) is 6.40. The van der Waals surface area contributed by atoms with Gasteiger partial charge in [0.25, 0.3) is 5.91 Å². The maximum absolute atomic E-state index is 12.9. The van der Waals surface area contributed by atoms with Crippen molar-refractivity contribution in [3.63, 3.8) is 0 Å². The van der Waals surface area contributed by atoms with E-state index in [9.17, 15) is 4.79 Å². The SMILES string of the molecule is CC[C@@H](C)c1ccc2oc(-c3ccc(Cl)c(NC(=O)c4cc(Cl)ccc4OC)c3)nc2c1. The highest BCUT2D eigenvalue weighted by atomic mass is 35.5. The summed E-state index contributed by atoms with van der Waals surface area (Å²) >= 11 is 12.4. The van der Waals surface area contributed by atoms with Gasteiger partial charge in [0.2, 0.25) is 5.89 Å². The average Bonchev–Trinajstić information content (AvgIpc) is 3.23. The quantitative estimate of drug-likeness (QED) is 0.316. The van der Waals surface area contributed by atoms with E-state index < -0.39 is 0 Å². The number of aromatic nitrogens is 1. The summed E-state index contributed by atoms with van der Waals surface area (Å²) in [7, 11) is 1.49. The Morgan fingerprint density at radius 1 is 1.12 bits per heavy atom. The fraction of sp³-hybridized carbons (Fsp3) is 0.200. The monoisotopic (exact) mass is 468 g/mol. The summed E-state index contributed by atoms with van der Waals surface area (Å²) in [5.41, 5.74) is 4.15. The van der Waals surface area contributed by atoms with Gasteiger partial charge in [-0.2, -0.15) is 0 Å². The van der Waals surface area contributed by atoms with Crippen molar-refractivity contribution in [2.45, 2.75) is 26.2 Å². The van der Waals surface area contributed by atoms with Crippen molar-refractivity contribution >= 4 is 45.9 Å². The molecule has 5 nitrogen and oxygen atoms in total. The molecule has 0 bridgehead atoms. The summed E-state index contributed by atoms with van der Waals surface area (Å²) in [6.45, 7) is 4.34. The van der Waals surface area contributed by atoms with E-state index in [0.717, 1.165) is 11.9 Å². The molecule has 0 fully saturated rings. The number of rotatable bonds is 6. The van der Waals surface area contributed by atoms with Crippen molar-refractivity contribution in [3.8, 4) is 17.2 Å². The fourth-order valence-corrected chi connectivity index (χ4v) is 3.75. The third-order valence-electron chi connectivity index (χ3n) is 5.46. The zero-order valence-electron chi connectivity index (χ0n) is 17.9. The summed E-state index contributed by atoms with van der Waals surface area (Å²) < 4.78 is 11.2. The molecule has 164 valence electrons. The second-order valence-corrected chi connectivity index (χ2v) is 8.39. The number of ether oxygens (including phenoxy) is 1. The highest BCUT2D eigenvalue weighted by Gasteiger charge is 2.17. The molecule has 0 saturated carbocycles. The van der Waals surface area contributed by atoms with Gasteiger partial charge in [0.15, 0.2) is 5.58 Å². The fourth-order valence-electron chi connectivity index (χ4n) is 3.41. The van der Waals surface area contributed by atoms with Gasteiger partial charge in [-0.25, -0.2) is 4.98 Å². The third-order valence-corrected chi connectivity index (χ3v) is 6.03. The first-order chi connectivity index (χ1) is 15.4. The predicted octanol–water partition coefficient (Wildman–Crippen LogP) is 7.58. The van der Waals surface area contributed by atoms with Crippen molar-refractivity contribution in [3.05, 3.63) is 75.8 Å². The topological polar surface area (TPSA) is 64.4 Å². The smallest absolute Gasteiger partial charge is 0.259 e. The van der Waals surface area contributed by atoms with Crippen LogP contribution in [0.25, 0.3) is 22.6 Å². The molecule has 1 amide bonds. The van der Waals surface area contributed by atoms with Gasteiger partial charge in [-0.3, -0.25) is 4.79 Å². The molecule has 0 aliphatic rings. The number of methoxy groups -OCH3 is 1.